The highest BCUT2D eigenvalue weighted by Gasteiger charge is 2.42. The maximum Gasteiger partial charge on any atom is 0.411 e. The fourth-order valence-corrected chi connectivity index (χ4v) is 2.63. The van der Waals surface area contributed by atoms with Crippen molar-refractivity contribution in [2.24, 2.45) is 0 Å². The lowest BCUT2D eigenvalue weighted by Gasteiger charge is -2.26. The number of nitrogens with zero attached hydrogens (tertiary/aromatic N) is 2. The highest BCUT2D eigenvalue weighted by atomic mass is 16.6. The number of aryl methyl sites for hydroxylation is 1. The van der Waals surface area contributed by atoms with Crippen LogP contribution < -0.4 is 11.2 Å². The molecule has 0 bridgehead atoms. The van der Waals surface area contributed by atoms with Gasteiger partial charge in [-0.05, 0) is 27.7 Å². The summed E-state index contributed by atoms with van der Waals surface area (Å²) in [6, 6.07) is -1.65. The minimum Gasteiger partial charge on any atom is -0.480 e. The second-order valence-electron chi connectivity index (χ2n) is 6.85. The first-order chi connectivity index (χ1) is 11.0. The second kappa shape index (κ2) is 6.14. The van der Waals surface area contributed by atoms with E-state index in [0.29, 0.717) is 5.56 Å². The Bertz CT molecular complexity index is 773. The van der Waals surface area contributed by atoms with Gasteiger partial charge in [0, 0.05) is 24.7 Å². The monoisotopic (exact) mass is 339 g/mol. The summed E-state index contributed by atoms with van der Waals surface area (Å²) >= 11 is 0. The Kier molecular flexibility index (Phi) is 4.54. The predicted octanol–water partition coefficient (Wildman–Crippen LogP) is 0.480. The highest BCUT2D eigenvalue weighted by molar-refractivity contribution is 5.81. The number of likely N-dealkylation sites (tertiary alicyclic amines) is 1. The number of amides is 1. The van der Waals surface area contributed by atoms with Crippen LogP contribution in [0, 0.1) is 6.92 Å². The molecule has 0 aliphatic carbocycles. The molecule has 1 fully saturated rings. The van der Waals surface area contributed by atoms with Gasteiger partial charge < -0.3 is 9.84 Å². The third-order valence-corrected chi connectivity index (χ3v) is 3.73. The third-order valence-electron chi connectivity index (χ3n) is 3.73. The van der Waals surface area contributed by atoms with Crippen molar-refractivity contribution < 1.29 is 19.4 Å². The average Bonchev–Trinajstić information content (AvgIpc) is 2.86. The Morgan fingerprint density at radius 1 is 1.33 bits per heavy atom. The van der Waals surface area contributed by atoms with Crippen LogP contribution in [0.15, 0.2) is 15.8 Å². The van der Waals surface area contributed by atoms with E-state index in [1.807, 2.05) is 0 Å². The first kappa shape index (κ1) is 17.8. The molecule has 0 unspecified atom stereocenters. The number of nitrogens with one attached hydrogen (secondary N) is 1. The zero-order valence-corrected chi connectivity index (χ0v) is 14.0. The van der Waals surface area contributed by atoms with Gasteiger partial charge in [-0.15, -0.1) is 0 Å². The van der Waals surface area contributed by atoms with Crippen LogP contribution in [0.2, 0.25) is 0 Å². The highest BCUT2D eigenvalue weighted by Crippen LogP contribution is 2.28. The molecule has 1 aliphatic rings. The summed E-state index contributed by atoms with van der Waals surface area (Å²) in [7, 11) is 0. The number of aromatic amines is 1. The molecule has 0 spiro atoms. The van der Waals surface area contributed by atoms with Crippen molar-refractivity contribution in [3.05, 3.63) is 32.6 Å². The van der Waals surface area contributed by atoms with Gasteiger partial charge in [-0.25, -0.2) is 14.4 Å². The number of aromatic nitrogens is 2. The molecule has 1 amide bonds. The normalized spacial score (nSPS) is 20.9. The van der Waals surface area contributed by atoms with Crippen molar-refractivity contribution >= 4 is 12.1 Å². The molecule has 2 rings (SSSR count). The molecular weight excluding hydrogens is 318 g/mol. The van der Waals surface area contributed by atoms with Crippen molar-refractivity contribution in [2.45, 2.75) is 51.8 Å². The first-order valence-electron chi connectivity index (χ1n) is 7.54. The summed E-state index contributed by atoms with van der Waals surface area (Å²) in [5.74, 6) is -1.17. The van der Waals surface area contributed by atoms with E-state index in [-0.39, 0.29) is 13.0 Å². The fraction of sp³-hybridized carbons (Fsp3) is 0.600. The summed E-state index contributed by atoms with van der Waals surface area (Å²) in [4.78, 5) is 50.5. The maximum absolute atomic E-state index is 12.3. The number of carboxylic acid groups (broad SMARTS) is 1. The van der Waals surface area contributed by atoms with Crippen LogP contribution in [0.3, 0.4) is 0 Å². The van der Waals surface area contributed by atoms with Gasteiger partial charge in [-0.3, -0.25) is 19.2 Å². The maximum atomic E-state index is 12.3. The van der Waals surface area contributed by atoms with Crippen LogP contribution in [0.25, 0.3) is 0 Å². The lowest BCUT2D eigenvalue weighted by molar-refractivity contribution is -0.142. The quantitative estimate of drug-likeness (QED) is 0.808. The van der Waals surface area contributed by atoms with Crippen LogP contribution in [0.4, 0.5) is 4.79 Å². The van der Waals surface area contributed by atoms with E-state index < -0.39 is 41.0 Å². The number of hydrogen-bond donors (Lipinski definition) is 2. The van der Waals surface area contributed by atoms with Crippen LogP contribution in [0.1, 0.15) is 38.8 Å². The summed E-state index contributed by atoms with van der Waals surface area (Å²) in [6.45, 7) is 6.61. The van der Waals surface area contributed by atoms with Gasteiger partial charge in [0.15, 0.2) is 0 Å². The molecule has 1 aliphatic heterocycles. The number of carbonyl (C=O) groups is 2. The Morgan fingerprint density at radius 2 is 1.96 bits per heavy atom. The lowest BCUT2D eigenvalue weighted by atomic mass is 10.1. The van der Waals surface area contributed by atoms with Gasteiger partial charge in [0.05, 0.1) is 6.04 Å². The Balaban J connectivity index is 2.32. The van der Waals surface area contributed by atoms with Crippen LogP contribution in [-0.4, -0.2) is 49.8 Å². The van der Waals surface area contributed by atoms with Gasteiger partial charge in [0.1, 0.15) is 11.6 Å². The molecule has 9 nitrogen and oxygen atoms in total. The largest absolute Gasteiger partial charge is 0.480 e. The van der Waals surface area contributed by atoms with Crippen molar-refractivity contribution in [1.29, 1.82) is 0 Å². The van der Waals surface area contributed by atoms with Crippen LogP contribution in [-0.2, 0) is 9.53 Å². The number of carbonyl (C=O) groups excluding carboxylic acids is 1. The van der Waals surface area contributed by atoms with E-state index in [0.717, 1.165) is 4.90 Å². The molecular formula is C15H21N3O6. The molecule has 2 N–H and O–H groups in total. The average molecular weight is 339 g/mol. The summed E-state index contributed by atoms with van der Waals surface area (Å²) in [6.07, 6.45) is 0.690. The van der Waals surface area contributed by atoms with E-state index in [9.17, 15) is 24.3 Å². The number of rotatable bonds is 2. The van der Waals surface area contributed by atoms with Crippen molar-refractivity contribution in [3.63, 3.8) is 0 Å². The Labute approximate surface area is 137 Å². The van der Waals surface area contributed by atoms with Crippen molar-refractivity contribution in [1.82, 2.24) is 14.5 Å². The van der Waals surface area contributed by atoms with E-state index >= 15 is 0 Å². The topological polar surface area (TPSA) is 122 Å². The minimum atomic E-state index is -1.17. The summed E-state index contributed by atoms with van der Waals surface area (Å²) in [5, 5.41) is 9.37. The molecule has 0 saturated carbocycles. The Hall–Kier alpha value is -2.58. The second-order valence-corrected chi connectivity index (χ2v) is 6.85. The molecule has 1 saturated heterocycles. The Morgan fingerprint density at radius 3 is 2.50 bits per heavy atom. The molecule has 1 aromatic rings. The standard InChI is InChI=1S/C15H21N3O6/c1-8-6-17(13(22)16-11(8)19)9-5-10(12(20)21)18(7-9)14(23)24-15(2,3)4/h6,9-10H,5,7H2,1-4H3,(H,20,21)(H,16,19,22)/t9-,10-/m0/s1. The van der Waals surface area contributed by atoms with Crippen molar-refractivity contribution in [2.75, 3.05) is 6.54 Å². The number of aliphatic carboxylic acids is 1. The van der Waals surface area contributed by atoms with Crippen LogP contribution in [0.5, 0.6) is 0 Å². The number of ether oxygens (including phenoxy) is 1. The number of H-pyrrole nitrogens is 1. The van der Waals surface area contributed by atoms with E-state index in [1.165, 1.54) is 10.8 Å². The molecule has 1 aromatic heterocycles. The van der Waals surface area contributed by atoms with Gasteiger partial charge >= 0.3 is 17.8 Å². The minimum absolute atomic E-state index is 0.0112. The van der Waals surface area contributed by atoms with E-state index in [4.69, 9.17) is 4.74 Å². The first-order valence-corrected chi connectivity index (χ1v) is 7.54. The summed E-state index contributed by atoms with van der Waals surface area (Å²) in [5.41, 5.74) is -1.56. The molecule has 2 atom stereocenters. The molecule has 24 heavy (non-hydrogen) atoms. The van der Waals surface area contributed by atoms with Gasteiger partial charge in [0.2, 0.25) is 0 Å². The predicted molar refractivity (Wildman–Crippen MR) is 84.1 cm³/mol. The van der Waals surface area contributed by atoms with Crippen molar-refractivity contribution in [3.8, 4) is 0 Å². The molecule has 9 heteroatoms. The SMILES string of the molecule is Cc1cn([C@H]2C[C@@H](C(=O)O)N(C(=O)OC(C)(C)C)C2)c(=O)[nH]c1=O. The summed E-state index contributed by atoms with van der Waals surface area (Å²) < 4.78 is 6.50. The fourth-order valence-electron chi connectivity index (χ4n) is 2.63. The molecule has 0 radical (unpaired) electrons. The van der Waals surface area contributed by atoms with Crippen LogP contribution >= 0.6 is 0 Å². The molecule has 2 heterocycles. The zero-order chi connectivity index (χ0) is 18.2. The van der Waals surface area contributed by atoms with Gasteiger partial charge in [-0.2, -0.15) is 0 Å². The zero-order valence-electron chi connectivity index (χ0n) is 14.0. The molecule has 0 aromatic carbocycles. The number of hydrogen-bond acceptors (Lipinski definition) is 5. The number of carboxylic acids is 1. The molecule has 132 valence electrons. The smallest absolute Gasteiger partial charge is 0.411 e. The van der Waals surface area contributed by atoms with E-state index in [1.54, 1.807) is 27.7 Å². The lowest BCUT2D eigenvalue weighted by Crippen LogP contribution is -2.43. The van der Waals surface area contributed by atoms with Gasteiger partial charge in [0.25, 0.3) is 5.56 Å². The van der Waals surface area contributed by atoms with E-state index in [2.05, 4.69) is 4.98 Å². The van der Waals surface area contributed by atoms with Gasteiger partial charge in [-0.1, -0.05) is 0 Å². The third kappa shape index (κ3) is 3.66.